The summed E-state index contributed by atoms with van der Waals surface area (Å²) in [5.74, 6) is -0.0617. The van der Waals surface area contributed by atoms with Crippen LogP contribution in [0.15, 0.2) is 18.2 Å². The number of hydrogen-bond donors (Lipinski definition) is 0. The Bertz CT molecular complexity index is 494. The minimum Gasteiger partial charge on any atom is -0.297 e. The Labute approximate surface area is 121 Å². The second-order valence-corrected chi connectivity index (χ2v) is 5.99. The van der Waals surface area contributed by atoms with Gasteiger partial charge < -0.3 is 0 Å². The number of carbonyl (C=O) groups excluding carboxylic acids is 1. The molecule has 1 saturated heterocycles. The highest BCUT2D eigenvalue weighted by Crippen LogP contribution is 2.27. The van der Waals surface area contributed by atoms with Crippen LogP contribution in [-0.4, -0.2) is 29.3 Å². The lowest BCUT2D eigenvalue weighted by molar-refractivity contribution is -0.129. The van der Waals surface area contributed by atoms with Gasteiger partial charge in [-0.3, -0.25) is 9.69 Å². The molecule has 2 rings (SSSR count). The molecular weight excluding hydrogens is 253 g/mol. The molecule has 1 heterocycles. The van der Waals surface area contributed by atoms with Crippen molar-refractivity contribution >= 4 is 5.78 Å². The number of aryl methyl sites for hydroxylation is 1. The molecule has 0 bridgehead atoms. The first-order chi connectivity index (χ1) is 9.47. The number of Topliss-reactive ketones (excluding diaryl/α,β-unsaturated/α-hetero) is 1. The smallest absolute Gasteiger partial charge is 0.157 e. The number of rotatable bonds is 5. The van der Waals surface area contributed by atoms with E-state index in [-0.39, 0.29) is 11.6 Å². The molecule has 20 heavy (non-hydrogen) atoms. The van der Waals surface area contributed by atoms with Crippen LogP contribution in [0.5, 0.6) is 0 Å². The number of halogens is 1. The van der Waals surface area contributed by atoms with Crippen LogP contribution in [0, 0.1) is 12.7 Å². The van der Waals surface area contributed by atoms with Crippen molar-refractivity contribution in [3.63, 3.8) is 0 Å². The van der Waals surface area contributed by atoms with E-state index in [2.05, 4.69) is 11.8 Å². The van der Waals surface area contributed by atoms with Crippen molar-refractivity contribution in [2.24, 2.45) is 0 Å². The van der Waals surface area contributed by atoms with E-state index in [0.717, 1.165) is 30.6 Å². The molecule has 0 amide bonds. The maximum atomic E-state index is 13.4. The molecule has 3 heteroatoms. The lowest BCUT2D eigenvalue weighted by Gasteiger charge is -2.37. The SMILES string of the molecule is CCC(C)(C(=O)Cc1cc(F)ccc1C)N1CCCC1. The minimum absolute atomic E-state index is 0.204. The van der Waals surface area contributed by atoms with E-state index in [4.69, 9.17) is 0 Å². The van der Waals surface area contributed by atoms with Gasteiger partial charge in [0.1, 0.15) is 5.82 Å². The third kappa shape index (κ3) is 2.93. The number of likely N-dealkylation sites (tertiary alicyclic amines) is 1. The van der Waals surface area contributed by atoms with Gasteiger partial charge in [0.2, 0.25) is 0 Å². The largest absolute Gasteiger partial charge is 0.297 e. The fraction of sp³-hybridized carbons (Fsp3) is 0.588. The van der Waals surface area contributed by atoms with E-state index in [1.807, 2.05) is 13.8 Å². The van der Waals surface area contributed by atoms with E-state index >= 15 is 0 Å². The predicted octanol–water partition coefficient (Wildman–Crippen LogP) is 3.51. The van der Waals surface area contributed by atoms with Crippen LogP contribution in [0.3, 0.4) is 0 Å². The molecule has 1 aromatic rings. The lowest BCUT2D eigenvalue weighted by Crippen LogP contribution is -2.51. The van der Waals surface area contributed by atoms with Crippen molar-refractivity contribution in [2.75, 3.05) is 13.1 Å². The molecule has 1 atom stereocenters. The lowest BCUT2D eigenvalue weighted by atomic mass is 9.86. The third-order valence-electron chi connectivity index (χ3n) is 4.76. The van der Waals surface area contributed by atoms with Gasteiger partial charge >= 0.3 is 0 Å². The first-order valence-electron chi connectivity index (χ1n) is 7.50. The summed E-state index contributed by atoms with van der Waals surface area (Å²) in [5, 5.41) is 0. The standard InChI is InChI=1S/C17H24FNO/c1-4-17(3,19-9-5-6-10-19)16(20)12-14-11-15(18)8-7-13(14)2/h7-8,11H,4-6,9-10,12H2,1-3H3. The molecule has 0 aliphatic carbocycles. The zero-order chi connectivity index (χ0) is 14.8. The normalized spacial score (nSPS) is 19.0. The highest BCUT2D eigenvalue weighted by molar-refractivity contribution is 5.90. The number of ketones is 1. The molecule has 1 unspecified atom stereocenters. The summed E-state index contributed by atoms with van der Waals surface area (Å²) < 4.78 is 13.4. The highest BCUT2D eigenvalue weighted by Gasteiger charge is 2.38. The molecule has 1 aliphatic heterocycles. The number of carbonyl (C=O) groups is 1. The van der Waals surface area contributed by atoms with Gasteiger partial charge in [0.25, 0.3) is 0 Å². The van der Waals surface area contributed by atoms with Crippen molar-refractivity contribution in [2.45, 2.75) is 52.0 Å². The molecule has 0 N–H and O–H groups in total. The summed E-state index contributed by atoms with van der Waals surface area (Å²) in [7, 11) is 0. The van der Waals surface area contributed by atoms with Crippen LogP contribution in [0.4, 0.5) is 4.39 Å². The van der Waals surface area contributed by atoms with Gasteiger partial charge in [0, 0.05) is 6.42 Å². The van der Waals surface area contributed by atoms with Crippen LogP contribution in [-0.2, 0) is 11.2 Å². The predicted molar refractivity (Wildman–Crippen MR) is 79.4 cm³/mol. The minimum atomic E-state index is -0.407. The van der Waals surface area contributed by atoms with Gasteiger partial charge in [0.15, 0.2) is 5.78 Å². The average molecular weight is 277 g/mol. The Morgan fingerprint density at radius 2 is 2.00 bits per heavy atom. The monoisotopic (exact) mass is 277 g/mol. The number of hydrogen-bond acceptors (Lipinski definition) is 2. The van der Waals surface area contributed by atoms with E-state index in [1.165, 1.54) is 25.0 Å². The van der Waals surface area contributed by atoms with Gasteiger partial charge in [-0.2, -0.15) is 0 Å². The molecule has 1 aliphatic rings. The maximum absolute atomic E-state index is 13.4. The Morgan fingerprint density at radius 3 is 2.60 bits per heavy atom. The molecule has 1 fully saturated rings. The van der Waals surface area contributed by atoms with Crippen molar-refractivity contribution < 1.29 is 9.18 Å². The Kier molecular flexibility index (Phi) is 4.59. The third-order valence-corrected chi connectivity index (χ3v) is 4.76. The molecular formula is C17H24FNO. The van der Waals surface area contributed by atoms with Gasteiger partial charge in [-0.1, -0.05) is 13.0 Å². The van der Waals surface area contributed by atoms with Gasteiger partial charge in [0.05, 0.1) is 5.54 Å². The van der Waals surface area contributed by atoms with Crippen LogP contribution < -0.4 is 0 Å². The average Bonchev–Trinajstić information content (AvgIpc) is 2.96. The van der Waals surface area contributed by atoms with Crippen LogP contribution in [0.2, 0.25) is 0 Å². The summed E-state index contributed by atoms with van der Waals surface area (Å²) in [6.07, 6.45) is 3.47. The summed E-state index contributed by atoms with van der Waals surface area (Å²) in [6, 6.07) is 4.69. The zero-order valence-corrected chi connectivity index (χ0v) is 12.7. The maximum Gasteiger partial charge on any atom is 0.157 e. The Hall–Kier alpha value is -1.22. The molecule has 0 saturated carbocycles. The highest BCUT2D eigenvalue weighted by atomic mass is 19.1. The van der Waals surface area contributed by atoms with Crippen LogP contribution >= 0.6 is 0 Å². The molecule has 1 aromatic carbocycles. The molecule has 0 aromatic heterocycles. The van der Waals surface area contributed by atoms with E-state index in [0.29, 0.717) is 6.42 Å². The quantitative estimate of drug-likeness (QED) is 0.821. The molecule has 0 spiro atoms. The second-order valence-electron chi connectivity index (χ2n) is 5.99. The van der Waals surface area contributed by atoms with Gasteiger partial charge in [-0.05, 0) is 69.5 Å². The van der Waals surface area contributed by atoms with Crippen molar-refractivity contribution in [1.82, 2.24) is 4.90 Å². The number of benzene rings is 1. The zero-order valence-electron chi connectivity index (χ0n) is 12.7. The molecule has 110 valence electrons. The summed E-state index contributed by atoms with van der Waals surface area (Å²) >= 11 is 0. The Morgan fingerprint density at radius 1 is 1.35 bits per heavy atom. The fourth-order valence-electron chi connectivity index (χ4n) is 3.00. The Balaban J connectivity index is 2.18. The summed E-state index contributed by atoms with van der Waals surface area (Å²) in [6.45, 7) is 8.03. The molecule has 0 radical (unpaired) electrons. The van der Waals surface area contributed by atoms with Crippen LogP contribution in [0.25, 0.3) is 0 Å². The first kappa shape index (κ1) is 15.2. The molecule has 2 nitrogen and oxygen atoms in total. The van der Waals surface area contributed by atoms with Crippen LogP contribution in [0.1, 0.15) is 44.2 Å². The van der Waals surface area contributed by atoms with E-state index < -0.39 is 5.54 Å². The van der Waals surface area contributed by atoms with E-state index in [1.54, 1.807) is 6.07 Å². The first-order valence-corrected chi connectivity index (χ1v) is 7.50. The van der Waals surface area contributed by atoms with Crippen molar-refractivity contribution in [1.29, 1.82) is 0 Å². The topological polar surface area (TPSA) is 20.3 Å². The second kappa shape index (κ2) is 6.04. The van der Waals surface area contributed by atoms with Gasteiger partial charge in [-0.25, -0.2) is 4.39 Å². The van der Waals surface area contributed by atoms with Gasteiger partial charge in [-0.15, -0.1) is 0 Å². The van der Waals surface area contributed by atoms with Crippen molar-refractivity contribution in [3.8, 4) is 0 Å². The van der Waals surface area contributed by atoms with E-state index in [9.17, 15) is 9.18 Å². The van der Waals surface area contributed by atoms with Crippen molar-refractivity contribution in [3.05, 3.63) is 35.1 Å². The fourth-order valence-corrected chi connectivity index (χ4v) is 3.00. The summed E-state index contributed by atoms with van der Waals surface area (Å²) in [4.78, 5) is 15.0. The number of nitrogens with zero attached hydrogens (tertiary/aromatic N) is 1. The summed E-state index contributed by atoms with van der Waals surface area (Å²) in [5.41, 5.74) is 1.39.